The van der Waals surface area contributed by atoms with E-state index in [4.69, 9.17) is 5.11 Å². The molecular formula is C13H17NO3. The third kappa shape index (κ3) is 3.28. The number of nitrogens with zero attached hydrogens (tertiary/aromatic N) is 1. The van der Waals surface area contributed by atoms with Crippen LogP contribution in [0.3, 0.4) is 0 Å². The van der Waals surface area contributed by atoms with Crippen molar-refractivity contribution in [1.29, 1.82) is 0 Å². The highest BCUT2D eigenvalue weighted by Gasteiger charge is 2.30. The van der Waals surface area contributed by atoms with Crippen molar-refractivity contribution >= 4 is 5.97 Å². The normalized spacial score (nSPS) is 25.7. The molecule has 1 saturated heterocycles. The molecule has 0 bridgehead atoms. The van der Waals surface area contributed by atoms with Crippen LogP contribution in [0.4, 0.5) is 0 Å². The topological polar surface area (TPSA) is 60.8 Å². The zero-order valence-electron chi connectivity index (χ0n) is 9.62. The van der Waals surface area contributed by atoms with Crippen LogP contribution in [-0.2, 0) is 11.3 Å². The van der Waals surface area contributed by atoms with E-state index in [1.807, 2.05) is 35.2 Å². The molecule has 4 heteroatoms. The van der Waals surface area contributed by atoms with Crippen LogP contribution in [-0.4, -0.2) is 40.3 Å². The highest BCUT2D eigenvalue weighted by molar-refractivity contribution is 5.70. The smallest absolute Gasteiger partial charge is 0.307 e. The van der Waals surface area contributed by atoms with Crippen molar-refractivity contribution in [2.75, 3.05) is 13.1 Å². The summed E-state index contributed by atoms with van der Waals surface area (Å²) < 4.78 is 0. The number of carbonyl (C=O) groups is 1. The number of likely N-dealkylation sites (tertiary alicyclic amines) is 1. The van der Waals surface area contributed by atoms with Crippen molar-refractivity contribution in [2.45, 2.75) is 19.1 Å². The summed E-state index contributed by atoms with van der Waals surface area (Å²) in [5.41, 5.74) is 1.14. The Morgan fingerprint density at radius 2 is 2.00 bits per heavy atom. The van der Waals surface area contributed by atoms with Gasteiger partial charge < -0.3 is 10.2 Å². The molecule has 0 radical (unpaired) electrons. The van der Waals surface area contributed by atoms with Crippen molar-refractivity contribution in [2.24, 2.45) is 5.92 Å². The van der Waals surface area contributed by atoms with Crippen LogP contribution in [0.5, 0.6) is 0 Å². The molecule has 0 saturated carbocycles. The fourth-order valence-electron chi connectivity index (χ4n) is 2.31. The lowest BCUT2D eigenvalue weighted by Crippen LogP contribution is -2.45. The van der Waals surface area contributed by atoms with E-state index >= 15 is 0 Å². The van der Waals surface area contributed by atoms with Gasteiger partial charge in [-0.3, -0.25) is 9.69 Å². The number of aliphatic hydroxyl groups excluding tert-OH is 1. The monoisotopic (exact) mass is 235 g/mol. The van der Waals surface area contributed by atoms with Crippen LogP contribution >= 0.6 is 0 Å². The molecule has 1 aliphatic rings. The summed E-state index contributed by atoms with van der Waals surface area (Å²) in [6, 6.07) is 9.90. The Balaban J connectivity index is 1.99. The van der Waals surface area contributed by atoms with Crippen molar-refractivity contribution < 1.29 is 15.0 Å². The molecule has 17 heavy (non-hydrogen) atoms. The van der Waals surface area contributed by atoms with E-state index in [-0.39, 0.29) is 0 Å². The highest BCUT2D eigenvalue weighted by Crippen LogP contribution is 2.19. The molecule has 1 aromatic rings. The fourth-order valence-corrected chi connectivity index (χ4v) is 2.31. The molecular weight excluding hydrogens is 218 g/mol. The van der Waals surface area contributed by atoms with Crippen LogP contribution in [0, 0.1) is 5.92 Å². The van der Waals surface area contributed by atoms with Crippen LogP contribution in [0.15, 0.2) is 30.3 Å². The molecule has 0 aromatic heterocycles. The van der Waals surface area contributed by atoms with Crippen molar-refractivity contribution in [3.8, 4) is 0 Å². The Bertz CT molecular complexity index is 380. The lowest BCUT2D eigenvalue weighted by Gasteiger charge is -2.33. The number of rotatable bonds is 3. The lowest BCUT2D eigenvalue weighted by molar-refractivity contribution is -0.145. The minimum absolute atomic E-state index is 0.362. The molecule has 0 amide bonds. The maximum atomic E-state index is 11.0. The zero-order valence-corrected chi connectivity index (χ0v) is 9.62. The van der Waals surface area contributed by atoms with Gasteiger partial charge in [-0.25, -0.2) is 0 Å². The quantitative estimate of drug-likeness (QED) is 0.819. The second kappa shape index (κ2) is 5.29. The van der Waals surface area contributed by atoms with Gasteiger partial charge >= 0.3 is 5.97 Å². The third-order valence-corrected chi connectivity index (χ3v) is 3.10. The molecule has 0 aliphatic carbocycles. The average Bonchev–Trinajstić information content (AvgIpc) is 2.29. The van der Waals surface area contributed by atoms with E-state index in [9.17, 15) is 9.90 Å². The molecule has 2 N–H and O–H groups in total. The van der Waals surface area contributed by atoms with Crippen LogP contribution in [0.1, 0.15) is 12.0 Å². The Kier molecular flexibility index (Phi) is 3.76. The van der Waals surface area contributed by atoms with E-state index in [1.165, 1.54) is 0 Å². The first kappa shape index (κ1) is 12.1. The summed E-state index contributed by atoms with van der Waals surface area (Å²) in [5.74, 6) is -1.27. The predicted octanol–water partition coefficient (Wildman–Crippen LogP) is 0.954. The van der Waals surface area contributed by atoms with Gasteiger partial charge in [-0.15, -0.1) is 0 Å². The number of hydrogen-bond acceptors (Lipinski definition) is 3. The van der Waals surface area contributed by atoms with E-state index in [0.717, 1.165) is 5.56 Å². The van der Waals surface area contributed by atoms with E-state index in [1.54, 1.807) is 0 Å². The van der Waals surface area contributed by atoms with Crippen LogP contribution in [0.25, 0.3) is 0 Å². The Morgan fingerprint density at radius 1 is 1.29 bits per heavy atom. The van der Waals surface area contributed by atoms with Crippen molar-refractivity contribution in [1.82, 2.24) is 4.90 Å². The van der Waals surface area contributed by atoms with E-state index in [0.29, 0.717) is 26.1 Å². The van der Waals surface area contributed by atoms with Gasteiger partial charge in [0.15, 0.2) is 0 Å². The first-order chi connectivity index (χ1) is 8.15. The molecule has 92 valence electrons. The maximum Gasteiger partial charge on any atom is 0.307 e. The second-order valence-corrected chi connectivity index (χ2v) is 4.60. The first-order valence-electron chi connectivity index (χ1n) is 5.82. The molecule has 4 nitrogen and oxygen atoms in total. The Morgan fingerprint density at radius 3 is 2.65 bits per heavy atom. The van der Waals surface area contributed by atoms with Crippen molar-refractivity contribution in [3.05, 3.63) is 35.9 Å². The van der Waals surface area contributed by atoms with Crippen LogP contribution < -0.4 is 0 Å². The third-order valence-electron chi connectivity index (χ3n) is 3.10. The number of benzene rings is 1. The fraction of sp³-hybridized carbons (Fsp3) is 0.462. The summed E-state index contributed by atoms with van der Waals surface area (Å²) in [4.78, 5) is 13.0. The van der Waals surface area contributed by atoms with Crippen molar-refractivity contribution in [3.63, 3.8) is 0 Å². The Labute approximate surface area is 100 Å². The van der Waals surface area contributed by atoms with E-state index < -0.39 is 18.0 Å². The van der Waals surface area contributed by atoms with Gasteiger partial charge in [-0.1, -0.05) is 30.3 Å². The summed E-state index contributed by atoms with van der Waals surface area (Å²) >= 11 is 0. The van der Waals surface area contributed by atoms with Gasteiger partial charge in [0.25, 0.3) is 0 Å². The summed E-state index contributed by atoms with van der Waals surface area (Å²) in [5, 5.41) is 18.7. The second-order valence-electron chi connectivity index (χ2n) is 4.60. The average molecular weight is 235 g/mol. The number of carboxylic acid groups (broad SMARTS) is 1. The number of carboxylic acids is 1. The molecule has 1 fully saturated rings. The number of aliphatic hydroxyl groups is 1. The predicted molar refractivity (Wildman–Crippen MR) is 63.5 cm³/mol. The number of piperidine rings is 1. The molecule has 1 aromatic carbocycles. The van der Waals surface area contributed by atoms with Gasteiger partial charge in [0.1, 0.15) is 0 Å². The number of aliphatic carboxylic acids is 1. The summed E-state index contributed by atoms with van der Waals surface area (Å²) in [6.45, 7) is 1.77. The van der Waals surface area contributed by atoms with Gasteiger partial charge in [-0.05, 0) is 12.0 Å². The molecule has 0 unspecified atom stereocenters. The highest BCUT2D eigenvalue weighted by atomic mass is 16.4. The number of hydrogen-bond donors (Lipinski definition) is 2. The largest absolute Gasteiger partial charge is 0.481 e. The zero-order chi connectivity index (χ0) is 12.3. The standard InChI is InChI=1S/C13H17NO3/c15-12-6-11(13(16)17)8-14(9-12)7-10-4-2-1-3-5-10/h1-5,11-12,15H,6-9H2,(H,16,17)/t11-,12-/m1/s1. The minimum Gasteiger partial charge on any atom is -0.481 e. The summed E-state index contributed by atoms with van der Waals surface area (Å²) in [6.07, 6.45) is -0.172. The molecule has 0 spiro atoms. The summed E-state index contributed by atoms with van der Waals surface area (Å²) in [7, 11) is 0. The minimum atomic E-state index is -0.818. The van der Waals surface area contributed by atoms with Gasteiger partial charge in [0, 0.05) is 19.6 Å². The molecule has 2 atom stereocenters. The van der Waals surface area contributed by atoms with Crippen LogP contribution in [0.2, 0.25) is 0 Å². The van der Waals surface area contributed by atoms with Gasteiger partial charge in [0.2, 0.25) is 0 Å². The van der Waals surface area contributed by atoms with E-state index in [2.05, 4.69) is 0 Å². The Hall–Kier alpha value is -1.39. The number of β-amino-alcohol motifs (C(OH)–C–C–N with tert-alkyl or cyclic N) is 1. The first-order valence-corrected chi connectivity index (χ1v) is 5.82. The molecule has 2 rings (SSSR count). The lowest BCUT2D eigenvalue weighted by atomic mass is 9.96. The van der Waals surface area contributed by atoms with Gasteiger partial charge in [-0.2, -0.15) is 0 Å². The van der Waals surface area contributed by atoms with Gasteiger partial charge in [0.05, 0.1) is 12.0 Å². The SMILES string of the molecule is O=C(O)[C@@H]1C[C@@H](O)CN(Cc2ccccc2)C1. The molecule has 1 aliphatic heterocycles. The maximum absolute atomic E-state index is 11.0. The molecule has 1 heterocycles.